The maximum absolute atomic E-state index is 12.9. The van der Waals surface area contributed by atoms with Gasteiger partial charge in [-0.1, -0.05) is 37.5 Å². The van der Waals surface area contributed by atoms with Gasteiger partial charge in [0.05, 0.1) is 0 Å². The average molecular weight is 562 g/mol. The fraction of sp³-hybridized carbons (Fsp3) is 0.448. The first-order chi connectivity index (χ1) is 19.0. The molecule has 216 valence electrons. The van der Waals surface area contributed by atoms with Gasteiger partial charge in [0.2, 0.25) is 5.91 Å². The molecule has 2 aliphatic rings. The first-order valence-electron chi connectivity index (χ1n) is 13.4. The van der Waals surface area contributed by atoms with Crippen LogP contribution < -0.4 is 10.6 Å². The van der Waals surface area contributed by atoms with E-state index in [1.165, 1.54) is 32.1 Å². The van der Waals surface area contributed by atoms with E-state index in [1.807, 2.05) is 23.1 Å². The fourth-order valence-electron chi connectivity index (χ4n) is 4.80. The van der Waals surface area contributed by atoms with Crippen LogP contribution in [0.25, 0.3) is 0 Å². The number of carboxylic acids is 1. The van der Waals surface area contributed by atoms with E-state index in [9.17, 15) is 27.6 Å². The molecule has 1 aliphatic carbocycles. The molecule has 0 atom stereocenters. The summed E-state index contributed by atoms with van der Waals surface area (Å²) >= 11 is 0. The van der Waals surface area contributed by atoms with Gasteiger partial charge in [0.25, 0.3) is 11.8 Å². The Labute approximate surface area is 230 Å². The highest BCUT2D eigenvalue weighted by Crippen LogP contribution is 2.24. The summed E-state index contributed by atoms with van der Waals surface area (Å²) in [6.45, 7) is 1.98. The topological polar surface area (TPSA) is 116 Å². The van der Waals surface area contributed by atoms with Crippen molar-refractivity contribution in [3.63, 3.8) is 0 Å². The van der Waals surface area contributed by atoms with Crippen molar-refractivity contribution in [2.75, 3.05) is 25.0 Å². The molecule has 1 saturated heterocycles. The predicted octanol–water partition coefficient (Wildman–Crippen LogP) is 5.12. The van der Waals surface area contributed by atoms with E-state index in [-0.39, 0.29) is 23.6 Å². The summed E-state index contributed by atoms with van der Waals surface area (Å²) in [5.41, 5.74) is 1.82. The van der Waals surface area contributed by atoms with E-state index in [2.05, 4.69) is 10.6 Å². The third-order valence-corrected chi connectivity index (χ3v) is 7.11. The summed E-state index contributed by atoms with van der Waals surface area (Å²) in [6, 6.07) is 16.0. The predicted molar refractivity (Wildman–Crippen MR) is 143 cm³/mol. The molecule has 0 radical (unpaired) electrons. The largest absolute Gasteiger partial charge is 0.490 e. The van der Waals surface area contributed by atoms with Crippen LogP contribution >= 0.6 is 0 Å². The molecule has 2 fully saturated rings. The van der Waals surface area contributed by atoms with Gasteiger partial charge in [-0.15, -0.1) is 0 Å². The number of nitrogens with one attached hydrogen (secondary N) is 2. The molecule has 4 rings (SSSR count). The summed E-state index contributed by atoms with van der Waals surface area (Å²) in [7, 11) is 0. The van der Waals surface area contributed by atoms with Gasteiger partial charge in [0.15, 0.2) is 0 Å². The monoisotopic (exact) mass is 561 g/mol. The number of piperidine rings is 1. The lowest BCUT2D eigenvalue weighted by molar-refractivity contribution is -0.192. The van der Waals surface area contributed by atoms with Gasteiger partial charge in [0.1, 0.15) is 0 Å². The Bertz CT molecular complexity index is 1140. The molecule has 3 amide bonds. The van der Waals surface area contributed by atoms with Crippen LogP contribution in [-0.2, 0) is 9.59 Å². The number of nitrogens with zero attached hydrogens (tertiary/aromatic N) is 1. The van der Waals surface area contributed by atoms with Crippen molar-refractivity contribution in [2.45, 2.75) is 51.1 Å². The highest BCUT2D eigenvalue weighted by molar-refractivity contribution is 6.04. The SMILES string of the molecule is O=C(Nc1ccc(C(=O)N2CCC(C(=O)NCC3CCCCC3)CC2)cc1)c1ccccc1.O=C(O)C(F)(F)F. The van der Waals surface area contributed by atoms with E-state index < -0.39 is 12.1 Å². The normalized spacial score (nSPS) is 16.3. The molecule has 3 N–H and O–H groups in total. The van der Waals surface area contributed by atoms with Crippen LogP contribution in [0.4, 0.5) is 18.9 Å². The highest BCUT2D eigenvalue weighted by atomic mass is 19.4. The first-order valence-corrected chi connectivity index (χ1v) is 13.4. The van der Waals surface area contributed by atoms with Crippen molar-refractivity contribution in [3.05, 3.63) is 65.7 Å². The summed E-state index contributed by atoms with van der Waals surface area (Å²) in [6.07, 6.45) is 2.65. The molecule has 0 bridgehead atoms. The summed E-state index contributed by atoms with van der Waals surface area (Å²) in [5, 5.41) is 13.1. The second-order valence-corrected chi connectivity index (χ2v) is 10.0. The number of hydrogen-bond acceptors (Lipinski definition) is 4. The van der Waals surface area contributed by atoms with Crippen molar-refractivity contribution in [2.24, 2.45) is 11.8 Å². The molecule has 40 heavy (non-hydrogen) atoms. The van der Waals surface area contributed by atoms with Crippen molar-refractivity contribution in [1.82, 2.24) is 10.2 Å². The van der Waals surface area contributed by atoms with E-state index in [0.717, 1.165) is 6.54 Å². The van der Waals surface area contributed by atoms with E-state index in [0.29, 0.717) is 48.7 Å². The molecule has 2 aromatic rings. The Morgan fingerprint density at radius 1 is 0.825 bits per heavy atom. The maximum Gasteiger partial charge on any atom is 0.490 e. The molecule has 1 saturated carbocycles. The Morgan fingerprint density at radius 2 is 1.40 bits per heavy atom. The number of amides is 3. The van der Waals surface area contributed by atoms with Crippen LogP contribution in [0.1, 0.15) is 65.7 Å². The van der Waals surface area contributed by atoms with Gasteiger partial charge in [0, 0.05) is 42.4 Å². The van der Waals surface area contributed by atoms with E-state index in [4.69, 9.17) is 9.90 Å². The van der Waals surface area contributed by atoms with Crippen LogP contribution in [0.3, 0.4) is 0 Å². The van der Waals surface area contributed by atoms with Crippen LogP contribution in [0, 0.1) is 11.8 Å². The lowest BCUT2D eigenvalue weighted by Crippen LogP contribution is -2.43. The molecule has 0 spiro atoms. The molecular formula is C29H34F3N3O5. The molecule has 11 heteroatoms. The lowest BCUT2D eigenvalue weighted by atomic mass is 9.89. The Balaban J connectivity index is 0.000000559. The van der Waals surface area contributed by atoms with E-state index >= 15 is 0 Å². The fourth-order valence-corrected chi connectivity index (χ4v) is 4.80. The van der Waals surface area contributed by atoms with Gasteiger partial charge >= 0.3 is 12.1 Å². The van der Waals surface area contributed by atoms with E-state index in [1.54, 1.807) is 36.4 Å². The van der Waals surface area contributed by atoms with Gasteiger partial charge in [-0.2, -0.15) is 13.2 Å². The molecule has 8 nitrogen and oxygen atoms in total. The average Bonchev–Trinajstić information content (AvgIpc) is 2.97. The number of carbonyl (C=O) groups is 4. The number of likely N-dealkylation sites (tertiary alicyclic amines) is 1. The Kier molecular flexibility index (Phi) is 11.1. The number of alkyl halides is 3. The number of halogens is 3. The number of anilines is 1. The minimum Gasteiger partial charge on any atom is -0.475 e. The third kappa shape index (κ3) is 9.39. The highest BCUT2D eigenvalue weighted by Gasteiger charge is 2.38. The standard InChI is InChI=1S/C27H33N3O3.C2HF3O2/c31-25(28-19-20-7-3-1-4-8-20)22-15-17-30(18-16-22)27(33)23-11-13-24(14-12-23)29-26(32)21-9-5-2-6-10-21;3-2(4,5)1(6)7/h2,5-6,9-14,20,22H,1,3-4,7-8,15-19H2,(H,28,31)(H,29,32);(H,6,7). The second kappa shape index (κ2) is 14.5. The minimum atomic E-state index is -5.08. The minimum absolute atomic E-state index is 0.00628. The number of rotatable bonds is 6. The van der Waals surface area contributed by atoms with Crippen molar-refractivity contribution < 1.29 is 37.5 Å². The zero-order valence-corrected chi connectivity index (χ0v) is 22.1. The number of carboxylic acid groups (broad SMARTS) is 1. The number of carbonyl (C=O) groups excluding carboxylic acids is 3. The van der Waals surface area contributed by atoms with Crippen LogP contribution in [0.5, 0.6) is 0 Å². The van der Waals surface area contributed by atoms with Crippen LogP contribution in [0.15, 0.2) is 54.6 Å². The van der Waals surface area contributed by atoms with Gasteiger partial charge in [-0.3, -0.25) is 14.4 Å². The number of benzene rings is 2. The van der Waals surface area contributed by atoms with Crippen molar-refractivity contribution in [1.29, 1.82) is 0 Å². The third-order valence-electron chi connectivity index (χ3n) is 7.11. The van der Waals surface area contributed by atoms with Crippen molar-refractivity contribution in [3.8, 4) is 0 Å². The maximum atomic E-state index is 12.9. The zero-order chi connectivity index (χ0) is 29.1. The van der Waals surface area contributed by atoms with Crippen LogP contribution in [0.2, 0.25) is 0 Å². The van der Waals surface area contributed by atoms with Crippen LogP contribution in [-0.4, -0.2) is 59.5 Å². The Hall–Kier alpha value is -3.89. The molecule has 1 aliphatic heterocycles. The molecule has 1 heterocycles. The first kappa shape index (κ1) is 30.6. The quantitative estimate of drug-likeness (QED) is 0.453. The lowest BCUT2D eigenvalue weighted by Gasteiger charge is -2.32. The number of hydrogen-bond donors (Lipinski definition) is 3. The summed E-state index contributed by atoms with van der Waals surface area (Å²) in [5.74, 6) is -2.20. The molecule has 0 aromatic heterocycles. The Morgan fingerprint density at radius 3 is 1.95 bits per heavy atom. The van der Waals surface area contributed by atoms with Crippen molar-refractivity contribution >= 4 is 29.4 Å². The molecule has 0 unspecified atom stereocenters. The zero-order valence-electron chi connectivity index (χ0n) is 22.1. The molecular weight excluding hydrogens is 527 g/mol. The van der Waals surface area contributed by atoms with Gasteiger partial charge in [-0.25, -0.2) is 4.79 Å². The summed E-state index contributed by atoms with van der Waals surface area (Å²) < 4.78 is 31.7. The van der Waals surface area contributed by atoms with Gasteiger partial charge in [-0.05, 0) is 68.0 Å². The van der Waals surface area contributed by atoms with Gasteiger partial charge < -0.3 is 20.6 Å². The number of aliphatic carboxylic acids is 1. The molecule has 2 aromatic carbocycles. The smallest absolute Gasteiger partial charge is 0.475 e. The summed E-state index contributed by atoms with van der Waals surface area (Å²) in [4.78, 5) is 48.5. The second-order valence-electron chi connectivity index (χ2n) is 10.0.